The van der Waals surface area contributed by atoms with E-state index in [9.17, 15) is 4.79 Å². The van der Waals surface area contributed by atoms with Gasteiger partial charge in [-0.1, -0.05) is 24.3 Å². The van der Waals surface area contributed by atoms with Gasteiger partial charge in [-0.05, 0) is 73.0 Å². The number of hydrogen-bond donors (Lipinski definition) is 1. The fourth-order valence-electron chi connectivity index (χ4n) is 2.87. The normalized spacial score (nSPS) is 10.7. The van der Waals surface area contributed by atoms with E-state index >= 15 is 0 Å². The van der Waals surface area contributed by atoms with Crippen LogP contribution in [0.2, 0.25) is 0 Å². The van der Waals surface area contributed by atoms with Crippen LogP contribution in [0.3, 0.4) is 0 Å². The molecule has 1 amide bonds. The SMILES string of the molecule is COC(=O)NCCc1ccc2cc(Oc3ccc(OC(C)C)cc3)ccc2c1. The number of fused-ring (bicyclic) bond motifs is 1. The summed E-state index contributed by atoms with van der Waals surface area (Å²) in [6, 6.07) is 19.9. The Morgan fingerprint density at radius 3 is 2.25 bits per heavy atom. The number of alkyl carbamates (subject to hydrolysis) is 1. The topological polar surface area (TPSA) is 56.8 Å². The highest BCUT2D eigenvalue weighted by atomic mass is 16.5. The fourth-order valence-corrected chi connectivity index (χ4v) is 2.87. The van der Waals surface area contributed by atoms with Crippen molar-refractivity contribution in [3.05, 3.63) is 66.2 Å². The summed E-state index contributed by atoms with van der Waals surface area (Å²) in [5.74, 6) is 2.38. The van der Waals surface area contributed by atoms with Crippen LogP contribution < -0.4 is 14.8 Å². The molecular formula is C23H25NO4. The van der Waals surface area contributed by atoms with Crippen LogP contribution in [-0.2, 0) is 11.2 Å². The van der Waals surface area contributed by atoms with Gasteiger partial charge in [-0.2, -0.15) is 0 Å². The molecule has 0 saturated carbocycles. The smallest absolute Gasteiger partial charge is 0.406 e. The van der Waals surface area contributed by atoms with Crippen LogP contribution in [0.1, 0.15) is 19.4 Å². The number of rotatable bonds is 7. The number of amides is 1. The molecule has 0 aromatic heterocycles. The molecule has 0 bridgehead atoms. The zero-order chi connectivity index (χ0) is 19.9. The van der Waals surface area contributed by atoms with Crippen molar-refractivity contribution in [2.24, 2.45) is 0 Å². The summed E-state index contributed by atoms with van der Waals surface area (Å²) >= 11 is 0. The Balaban J connectivity index is 1.65. The van der Waals surface area contributed by atoms with E-state index in [2.05, 4.69) is 28.3 Å². The highest BCUT2D eigenvalue weighted by Gasteiger charge is 2.04. The molecule has 3 aromatic rings. The maximum atomic E-state index is 11.1. The van der Waals surface area contributed by atoms with Gasteiger partial charge in [0.25, 0.3) is 0 Å². The third-order valence-electron chi connectivity index (χ3n) is 4.18. The Morgan fingerprint density at radius 1 is 0.893 bits per heavy atom. The first-order valence-corrected chi connectivity index (χ1v) is 9.32. The summed E-state index contributed by atoms with van der Waals surface area (Å²) in [4.78, 5) is 11.1. The molecule has 5 nitrogen and oxygen atoms in total. The summed E-state index contributed by atoms with van der Waals surface area (Å²) in [6.07, 6.45) is 0.480. The molecule has 146 valence electrons. The first kappa shape index (κ1) is 19.5. The number of hydrogen-bond acceptors (Lipinski definition) is 4. The van der Waals surface area contributed by atoms with Gasteiger partial charge < -0.3 is 19.5 Å². The highest BCUT2D eigenvalue weighted by Crippen LogP contribution is 2.28. The first-order chi connectivity index (χ1) is 13.5. The van der Waals surface area contributed by atoms with Crippen molar-refractivity contribution >= 4 is 16.9 Å². The van der Waals surface area contributed by atoms with Gasteiger partial charge in [0.05, 0.1) is 13.2 Å². The quantitative estimate of drug-likeness (QED) is 0.604. The molecule has 0 aliphatic carbocycles. The molecule has 0 aliphatic rings. The average molecular weight is 379 g/mol. The fraction of sp³-hybridized carbons (Fsp3) is 0.261. The van der Waals surface area contributed by atoms with Crippen LogP contribution in [0, 0.1) is 0 Å². The molecule has 28 heavy (non-hydrogen) atoms. The van der Waals surface area contributed by atoms with Gasteiger partial charge in [0.1, 0.15) is 17.2 Å². The number of nitrogens with one attached hydrogen (secondary N) is 1. The molecule has 0 unspecified atom stereocenters. The molecule has 0 atom stereocenters. The van der Waals surface area contributed by atoms with Crippen LogP contribution in [0.5, 0.6) is 17.2 Å². The van der Waals surface area contributed by atoms with Crippen molar-refractivity contribution < 1.29 is 19.0 Å². The minimum absolute atomic E-state index is 0.147. The lowest BCUT2D eigenvalue weighted by molar-refractivity contribution is 0.171. The lowest BCUT2D eigenvalue weighted by atomic mass is 10.0. The van der Waals surface area contributed by atoms with Crippen molar-refractivity contribution in [2.75, 3.05) is 13.7 Å². The molecule has 0 fully saturated rings. The van der Waals surface area contributed by atoms with Crippen molar-refractivity contribution in [2.45, 2.75) is 26.4 Å². The van der Waals surface area contributed by atoms with Crippen LogP contribution in [0.15, 0.2) is 60.7 Å². The summed E-state index contributed by atoms with van der Waals surface area (Å²) in [6.45, 7) is 4.54. The van der Waals surface area contributed by atoms with Gasteiger partial charge >= 0.3 is 6.09 Å². The second-order valence-corrected chi connectivity index (χ2v) is 6.75. The first-order valence-electron chi connectivity index (χ1n) is 9.32. The number of ether oxygens (including phenoxy) is 3. The van der Waals surface area contributed by atoms with E-state index in [0.717, 1.165) is 40.0 Å². The van der Waals surface area contributed by atoms with E-state index in [1.807, 2.05) is 56.3 Å². The summed E-state index contributed by atoms with van der Waals surface area (Å²) < 4.78 is 16.2. The van der Waals surface area contributed by atoms with Gasteiger partial charge in [0.15, 0.2) is 0 Å². The predicted octanol–water partition coefficient (Wildman–Crippen LogP) is 5.32. The third kappa shape index (κ3) is 5.39. The zero-order valence-electron chi connectivity index (χ0n) is 16.4. The van der Waals surface area contributed by atoms with E-state index in [1.54, 1.807) is 0 Å². The number of carbonyl (C=O) groups is 1. The second-order valence-electron chi connectivity index (χ2n) is 6.75. The summed E-state index contributed by atoms with van der Waals surface area (Å²) in [5.41, 5.74) is 1.15. The van der Waals surface area contributed by atoms with Gasteiger partial charge in [0.2, 0.25) is 0 Å². The molecule has 1 N–H and O–H groups in total. The lowest BCUT2D eigenvalue weighted by Gasteiger charge is -2.11. The Bertz CT molecular complexity index is 935. The standard InChI is InChI=1S/C23H25NO4/c1-16(2)27-20-8-10-21(11-9-20)28-22-7-6-18-14-17(4-5-19(18)15-22)12-13-24-23(25)26-3/h4-11,14-16H,12-13H2,1-3H3,(H,24,25). The van der Waals surface area contributed by atoms with Gasteiger partial charge in [-0.15, -0.1) is 0 Å². The van der Waals surface area contributed by atoms with Crippen LogP contribution in [0.25, 0.3) is 10.8 Å². The maximum absolute atomic E-state index is 11.1. The summed E-state index contributed by atoms with van der Waals surface area (Å²) in [5, 5.41) is 4.92. The van der Waals surface area contributed by atoms with Gasteiger partial charge in [-0.25, -0.2) is 4.79 Å². The van der Waals surface area contributed by atoms with E-state index in [1.165, 1.54) is 7.11 Å². The Morgan fingerprint density at radius 2 is 1.54 bits per heavy atom. The molecule has 0 spiro atoms. The second kappa shape index (κ2) is 9.13. The predicted molar refractivity (Wildman–Crippen MR) is 110 cm³/mol. The molecule has 0 radical (unpaired) electrons. The van der Waals surface area contributed by atoms with Crippen LogP contribution >= 0.6 is 0 Å². The van der Waals surface area contributed by atoms with Crippen LogP contribution in [-0.4, -0.2) is 25.9 Å². The molecule has 0 aliphatic heterocycles. The molecule has 5 heteroatoms. The minimum Gasteiger partial charge on any atom is -0.491 e. The van der Waals surface area contributed by atoms with Crippen molar-refractivity contribution in [1.29, 1.82) is 0 Å². The number of benzene rings is 3. The summed E-state index contributed by atoms with van der Waals surface area (Å²) in [7, 11) is 1.36. The number of carbonyl (C=O) groups excluding carboxylic acids is 1. The monoisotopic (exact) mass is 379 g/mol. The average Bonchev–Trinajstić information content (AvgIpc) is 2.69. The Labute approximate surface area is 165 Å². The molecule has 3 rings (SSSR count). The van der Waals surface area contributed by atoms with E-state index in [-0.39, 0.29) is 6.10 Å². The third-order valence-corrected chi connectivity index (χ3v) is 4.18. The van der Waals surface area contributed by atoms with E-state index in [4.69, 9.17) is 9.47 Å². The Hall–Kier alpha value is -3.21. The van der Waals surface area contributed by atoms with Crippen molar-refractivity contribution in [1.82, 2.24) is 5.32 Å². The van der Waals surface area contributed by atoms with Gasteiger partial charge in [-0.3, -0.25) is 0 Å². The van der Waals surface area contributed by atoms with Crippen LogP contribution in [0.4, 0.5) is 4.79 Å². The lowest BCUT2D eigenvalue weighted by Crippen LogP contribution is -2.25. The van der Waals surface area contributed by atoms with Crippen molar-refractivity contribution in [3.8, 4) is 17.2 Å². The van der Waals surface area contributed by atoms with E-state index in [0.29, 0.717) is 6.54 Å². The Kier molecular flexibility index (Phi) is 6.37. The molecular weight excluding hydrogens is 354 g/mol. The minimum atomic E-state index is -0.411. The van der Waals surface area contributed by atoms with E-state index < -0.39 is 6.09 Å². The molecule has 0 heterocycles. The highest BCUT2D eigenvalue weighted by molar-refractivity contribution is 5.84. The molecule has 0 saturated heterocycles. The zero-order valence-corrected chi connectivity index (χ0v) is 16.4. The van der Waals surface area contributed by atoms with Crippen molar-refractivity contribution in [3.63, 3.8) is 0 Å². The van der Waals surface area contributed by atoms with Gasteiger partial charge in [0, 0.05) is 6.54 Å². The largest absolute Gasteiger partial charge is 0.491 e. The molecule has 3 aromatic carbocycles. The number of methoxy groups -OCH3 is 1. The maximum Gasteiger partial charge on any atom is 0.406 e.